The number of benzene rings is 1. The van der Waals surface area contributed by atoms with E-state index in [2.05, 4.69) is 11.8 Å². The molecule has 3 N–H and O–H groups in total. The number of hydrogen-bond donors (Lipinski definition) is 2. The summed E-state index contributed by atoms with van der Waals surface area (Å²) in [6.45, 7) is 1.58. The van der Waals surface area contributed by atoms with Crippen molar-refractivity contribution >= 4 is 6.03 Å². The third kappa shape index (κ3) is 3.33. The molecule has 0 aliphatic rings. The zero-order valence-corrected chi connectivity index (χ0v) is 8.34. The molecular formula is C11H12N2O2. The number of hydroxylamine groups is 2. The van der Waals surface area contributed by atoms with E-state index >= 15 is 0 Å². The summed E-state index contributed by atoms with van der Waals surface area (Å²) in [5.41, 5.74) is 5.70. The van der Waals surface area contributed by atoms with Crippen LogP contribution in [0.15, 0.2) is 30.3 Å². The molecule has 0 saturated carbocycles. The fourth-order valence-electron chi connectivity index (χ4n) is 0.961. The van der Waals surface area contributed by atoms with Gasteiger partial charge in [-0.3, -0.25) is 5.21 Å². The Hall–Kier alpha value is -1.99. The van der Waals surface area contributed by atoms with E-state index in [-0.39, 0.29) is 0 Å². The molecule has 4 nitrogen and oxygen atoms in total. The molecule has 0 aliphatic carbocycles. The van der Waals surface area contributed by atoms with Crippen LogP contribution in [0.2, 0.25) is 0 Å². The molecule has 78 valence electrons. The van der Waals surface area contributed by atoms with Gasteiger partial charge in [0.1, 0.15) is 6.04 Å². The van der Waals surface area contributed by atoms with Crippen LogP contribution in [0.4, 0.5) is 4.79 Å². The van der Waals surface area contributed by atoms with Gasteiger partial charge < -0.3 is 5.73 Å². The molecule has 0 saturated heterocycles. The Morgan fingerprint density at radius 1 is 1.47 bits per heavy atom. The van der Waals surface area contributed by atoms with Crippen molar-refractivity contribution in [2.24, 2.45) is 5.73 Å². The molecule has 1 rings (SSSR count). The lowest BCUT2D eigenvalue weighted by Crippen LogP contribution is -2.38. The van der Waals surface area contributed by atoms with Crippen molar-refractivity contribution in [2.45, 2.75) is 13.0 Å². The summed E-state index contributed by atoms with van der Waals surface area (Å²) in [6, 6.07) is 7.75. The number of rotatable bonds is 1. The van der Waals surface area contributed by atoms with E-state index in [4.69, 9.17) is 10.9 Å². The maximum Gasteiger partial charge on any atom is 0.339 e. The van der Waals surface area contributed by atoms with Crippen LogP contribution in [-0.2, 0) is 0 Å². The van der Waals surface area contributed by atoms with Crippen molar-refractivity contribution in [1.82, 2.24) is 5.06 Å². The van der Waals surface area contributed by atoms with Gasteiger partial charge in [-0.2, -0.15) is 5.06 Å². The molecule has 1 unspecified atom stereocenters. The topological polar surface area (TPSA) is 66.6 Å². The molecule has 2 amide bonds. The highest BCUT2D eigenvalue weighted by Crippen LogP contribution is 1.97. The molecule has 0 fully saturated rings. The molecule has 4 heteroatoms. The lowest BCUT2D eigenvalue weighted by Gasteiger charge is -2.14. The number of primary amides is 1. The number of urea groups is 1. The molecule has 0 radical (unpaired) electrons. The molecule has 15 heavy (non-hydrogen) atoms. The number of hydrogen-bond acceptors (Lipinski definition) is 2. The third-order valence-electron chi connectivity index (χ3n) is 1.79. The Balaban J connectivity index is 2.70. The Morgan fingerprint density at radius 2 is 2.07 bits per heavy atom. The number of nitrogens with zero attached hydrogens (tertiary/aromatic N) is 1. The standard InChI is InChI=1S/C11H12N2O2/c1-9(13(15)11(12)14)7-8-10-5-3-2-4-6-10/h2-6,9,15H,1H3,(H2,12,14). The largest absolute Gasteiger partial charge is 0.350 e. The van der Waals surface area contributed by atoms with Gasteiger partial charge in [0.05, 0.1) is 0 Å². The average Bonchev–Trinajstić information content (AvgIpc) is 2.26. The molecule has 0 aromatic heterocycles. The normalized spacial score (nSPS) is 11.1. The van der Waals surface area contributed by atoms with Crippen molar-refractivity contribution < 1.29 is 10.0 Å². The van der Waals surface area contributed by atoms with Gasteiger partial charge >= 0.3 is 6.03 Å². The maximum absolute atomic E-state index is 10.6. The van der Waals surface area contributed by atoms with Gasteiger partial charge in [0, 0.05) is 5.56 Å². The van der Waals surface area contributed by atoms with E-state index in [1.165, 1.54) is 0 Å². The minimum Gasteiger partial charge on any atom is -0.350 e. The first-order valence-electron chi connectivity index (χ1n) is 4.45. The monoisotopic (exact) mass is 204 g/mol. The van der Waals surface area contributed by atoms with Crippen molar-refractivity contribution in [3.63, 3.8) is 0 Å². The summed E-state index contributed by atoms with van der Waals surface area (Å²) < 4.78 is 0. The van der Waals surface area contributed by atoms with Crippen LogP contribution in [0.25, 0.3) is 0 Å². The summed E-state index contributed by atoms with van der Waals surface area (Å²) >= 11 is 0. The molecule has 1 aromatic rings. The summed E-state index contributed by atoms with van der Waals surface area (Å²) in [5.74, 6) is 5.53. The van der Waals surface area contributed by atoms with Crippen LogP contribution in [0.5, 0.6) is 0 Å². The average molecular weight is 204 g/mol. The van der Waals surface area contributed by atoms with Crippen LogP contribution in [-0.4, -0.2) is 22.3 Å². The maximum atomic E-state index is 10.6. The first-order valence-corrected chi connectivity index (χ1v) is 4.45. The van der Waals surface area contributed by atoms with E-state index < -0.39 is 12.1 Å². The summed E-state index contributed by atoms with van der Waals surface area (Å²) in [7, 11) is 0. The van der Waals surface area contributed by atoms with E-state index in [9.17, 15) is 4.79 Å². The Kier molecular flexibility index (Phi) is 3.72. The van der Waals surface area contributed by atoms with E-state index in [0.29, 0.717) is 5.06 Å². The van der Waals surface area contributed by atoms with Gasteiger partial charge in [0.15, 0.2) is 0 Å². The van der Waals surface area contributed by atoms with Crippen LogP contribution in [0.3, 0.4) is 0 Å². The highest BCUT2D eigenvalue weighted by Gasteiger charge is 2.11. The fourth-order valence-corrected chi connectivity index (χ4v) is 0.961. The minimum absolute atomic E-state index is 0.399. The minimum atomic E-state index is -0.912. The summed E-state index contributed by atoms with van der Waals surface area (Å²) in [5, 5.41) is 9.53. The molecule has 1 atom stereocenters. The van der Waals surface area contributed by atoms with E-state index in [1.807, 2.05) is 30.3 Å². The van der Waals surface area contributed by atoms with Crippen LogP contribution < -0.4 is 5.73 Å². The SMILES string of the molecule is CC(C#Cc1ccccc1)N(O)C(N)=O. The van der Waals surface area contributed by atoms with E-state index in [1.54, 1.807) is 6.92 Å². The van der Waals surface area contributed by atoms with Gasteiger partial charge in [-0.05, 0) is 19.1 Å². The first kappa shape index (κ1) is 11.1. The third-order valence-corrected chi connectivity index (χ3v) is 1.79. The molecule has 0 bridgehead atoms. The summed E-state index contributed by atoms with van der Waals surface area (Å²) in [4.78, 5) is 10.6. The predicted octanol–water partition coefficient (Wildman–Crippen LogP) is 1.20. The molecule has 0 spiro atoms. The van der Waals surface area contributed by atoms with Crippen molar-refractivity contribution in [2.75, 3.05) is 0 Å². The van der Waals surface area contributed by atoms with Gasteiger partial charge in [-0.15, -0.1) is 0 Å². The Labute approximate surface area is 88.3 Å². The Bertz CT molecular complexity index is 392. The van der Waals surface area contributed by atoms with Gasteiger partial charge in [0.25, 0.3) is 0 Å². The number of nitrogens with two attached hydrogens (primary N) is 1. The zero-order chi connectivity index (χ0) is 11.3. The lowest BCUT2D eigenvalue weighted by molar-refractivity contribution is -0.0536. The van der Waals surface area contributed by atoms with Crippen molar-refractivity contribution in [3.05, 3.63) is 35.9 Å². The van der Waals surface area contributed by atoms with E-state index in [0.717, 1.165) is 5.56 Å². The van der Waals surface area contributed by atoms with Gasteiger partial charge in [-0.1, -0.05) is 30.0 Å². The van der Waals surface area contributed by atoms with Crippen molar-refractivity contribution in [1.29, 1.82) is 0 Å². The molecule has 1 aromatic carbocycles. The van der Waals surface area contributed by atoms with Crippen LogP contribution >= 0.6 is 0 Å². The highest BCUT2D eigenvalue weighted by molar-refractivity contribution is 5.71. The quantitative estimate of drug-likeness (QED) is 0.410. The molecule has 0 aliphatic heterocycles. The smallest absolute Gasteiger partial charge is 0.339 e. The lowest BCUT2D eigenvalue weighted by atomic mass is 10.2. The van der Waals surface area contributed by atoms with Crippen LogP contribution in [0, 0.1) is 11.8 Å². The van der Waals surface area contributed by atoms with Crippen LogP contribution in [0.1, 0.15) is 12.5 Å². The second-order valence-electron chi connectivity index (χ2n) is 2.99. The highest BCUT2D eigenvalue weighted by atomic mass is 16.5. The zero-order valence-electron chi connectivity index (χ0n) is 8.34. The second-order valence-corrected chi connectivity index (χ2v) is 2.99. The fraction of sp³-hybridized carbons (Fsp3) is 0.182. The Morgan fingerprint density at radius 3 is 2.60 bits per heavy atom. The van der Waals surface area contributed by atoms with Gasteiger partial charge in [0.2, 0.25) is 0 Å². The number of amides is 2. The predicted molar refractivity (Wildman–Crippen MR) is 56.0 cm³/mol. The van der Waals surface area contributed by atoms with Gasteiger partial charge in [-0.25, -0.2) is 4.79 Å². The second kappa shape index (κ2) is 5.03. The first-order chi connectivity index (χ1) is 7.11. The number of carbonyl (C=O) groups excluding carboxylic acids is 1. The molecular weight excluding hydrogens is 192 g/mol. The van der Waals surface area contributed by atoms with Crippen molar-refractivity contribution in [3.8, 4) is 11.8 Å². The molecule has 0 heterocycles. The number of carbonyl (C=O) groups is 1. The summed E-state index contributed by atoms with van der Waals surface area (Å²) in [6.07, 6.45) is 0.